The molecule has 0 atom stereocenters. The van der Waals surface area contributed by atoms with Crippen LogP contribution in [0.2, 0.25) is 0 Å². The van der Waals surface area contributed by atoms with Crippen LogP contribution >= 0.6 is 0 Å². The van der Waals surface area contributed by atoms with Crippen molar-refractivity contribution in [3.05, 3.63) is 36.2 Å². The summed E-state index contributed by atoms with van der Waals surface area (Å²) >= 11 is 0. The highest BCUT2D eigenvalue weighted by atomic mass is 32.2. The Morgan fingerprint density at radius 2 is 2.00 bits per heavy atom. The number of hydrogen-bond acceptors (Lipinski definition) is 4. The minimum atomic E-state index is -3.73. The van der Waals surface area contributed by atoms with E-state index >= 15 is 0 Å². The fourth-order valence-corrected chi connectivity index (χ4v) is 2.54. The first-order valence-corrected chi connectivity index (χ1v) is 7.48. The van der Waals surface area contributed by atoms with E-state index in [-0.39, 0.29) is 4.90 Å². The van der Waals surface area contributed by atoms with Gasteiger partial charge in [0.1, 0.15) is 0 Å². The Kier molecular flexibility index (Phi) is 2.61. The van der Waals surface area contributed by atoms with E-state index in [9.17, 15) is 8.42 Å². The van der Waals surface area contributed by atoms with Crippen LogP contribution in [0.15, 0.2) is 35.4 Å². The van der Waals surface area contributed by atoms with Crippen LogP contribution in [-0.2, 0) is 10.0 Å². The molecule has 1 aromatic heterocycles. The molecule has 0 spiro atoms. The van der Waals surface area contributed by atoms with Crippen LogP contribution in [0.3, 0.4) is 0 Å². The average Bonchev–Trinajstić information content (AvgIpc) is 3.07. The molecule has 4 N–H and O–H groups in total. The van der Waals surface area contributed by atoms with E-state index in [1.54, 1.807) is 10.7 Å². The van der Waals surface area contributed by atoms with E-state index in [1.165, 1.54) is 25.0 Å². The highest BCUT2D eigenvalue weighted by molar-refractivity contribution is 7.89. The van der Waals surface area contributed by atoms with Crippen LogP contribution in [0.25, 0.3) is 5.69 Å². The summed E-state index contributed by atoms with van der Waals surface area (Å²) in [7, 11) is -3.73. The first-order valence-electron chi connectivity index (χ1n) is 5.93. The number of nitrogens with two attached hydrogens (primary N) is 2. The summed E-state index contributed by atoms with van der Waals surface area (Å²) in [5.74, 6) is 0.561. The van der Waals surface area contributed by atoms with E-state index < -0.39 is 10.0 Å². The maximum atomic E-state index is 11.2. The van der Waals surface area contributed by atoms with Crippen molar-refractivity contribution in [2.75, 3.05) is 5.73 Å². The molecule has 1 aliphatic carbocycles. The third-order valence-electron chi connectivity index (χ3n) is 3.18. The summed E-state index contributed by atoms with van der Waals surface area (Å²) in [6.45, 7) is 0. The number of primary sulfonamides is 1. The molecule has 100 valence electrons. The van der Waals surface area contributed by atoms with Gasteiger partial charge in [0.15, 0.2) is 0 Å². The third-order valence-corrected chi connectivity index (χ3v) is 4.09. The lowest BCUT2D eigenvalue weighted by Gasteiger charge is -2.07. The molecule has 0 bridgehead atoms. The van der Waals surface area contributed by atoms with Crippen LogP contribution in [0.1, 0.15) is 24.5 Å². The molecule has 7 heteroatoms. The van der Waals surface area contributed by atoms with Crippen LogP contribution in [0, 0.1) is 0 Å². The van der Waals surface area contributed by atoms with Crippen molar-refractivity contribution >= 4 is 15.7 Å². The quantitative estimate of drug-likeness (QED) is 0.816. The van der Waals surface area contributed by atoms with Crippen LogP contribution in [-0.4, -0.2) is 18.2 Å². The van der Waals surface area contributed by atoms with Crippen molar-refractivity contribution in [3.63, 3.8) is 0 Å². The number of benzene rings is 1. The summed E-state index contributed by atoms with van der Waals surface area (Å²) in [6.07, 6.45) is 4.18. The van der Waals surface area contributed by atoms with Crippen molar-refractivity contribution in [3.8, 4) is 5.69 Å². The van der Waals surface area contributed by atoms with E-state index in [0.717, 1.165) is 5.69 Å². The monoisotopic (exact) mass is 278 g/mol. The molecule has 2 aromatic rings. The number of rotatable bonds is 3. The van der Waals surface area contributed by atoms with Gasteiger partial charge in [0.2, 0.25) is 10.0 Å². The van der Waals surface area contributed by atoms with E-state index in [4.69, 9.17) is 10.9 Å². The second kappa shape index (κ2) is 4.07. The zero-order chi connectivity index (χ0) is 13.6. The minimum Gasteiger partial charge on any atom is -0.397 e. The van der Waals surface area contributed by atoms with Gasteiger partial charge in [-0.25, -0.2) is 18.2 Å². The Morgan fingerprint density at radius 1 is 1.26 bits per heavy atom. The molecule has 1 fully saturated rings. The molecule has 1 aromatic carbocycles. The number of aromatic nitrogens is 2. The van der Waals surface area contributed by atoms with Crippen LogP contribution in [0.5, 0.6) is 0 Å². The van der Waals surface area contributed by atoms with Gasteiger partial charge in [-0.05, 0) is 37.1 Å². The van der Waals surface area contributed by atoms with Gasteiger partial charge in [-0.2, -0.15) is 5.10 Å². The first kappa shape index (κ1) is 12.2. The second-order valence-corrected chi connectivity index (χ2v) is 6.29. The zero-order valence-electron chi connectivity index (χ0n) is 10.2. The number of hydrogen-bond donors (Lipinski definition) is 2. The van der Waals surface area contributed by atoms with Crippen molar-refractivity contribution in [2.45, 2.75) is 23.7 Å². The van der Waals surface area contributed by atoms with Gasteiger partial charge in [0.05, 0.1) is 22.0 Å². The van der Waals surface area contributed by atoms with Crippen molar-refractivity contribution in [1.29, 1.82) is 0 Å². The molecule has 0 radical (unpaired) electrons. The second-order valence-electron chi connectivity index (χ2n) is 4.73. The Bertz CT molecular complexity index is 732. The van der Waals surface area contributed by atoms with Gasteiger partial charge in [-0.1, -0.05) is 0 Å². The predicted octanol–water partition coefficient (Wildman–Crippen LogP) is 0.979. The smallest absolute Gasteiger partial charge is 0.238 e. The summed E-state index contributed by atoms with van der Waals surface area (Å²) in [5, 5.41) is 9.51. The molecule has 0 saturated heterocycles. The molecule has 0 aliphatic heterocycles. The lowest BCUT2D eigenvalue weighted by Crippen LogP contribution is -2.13. The highest BCUT2D eigenvalue weighted by Crippen LogP contribution is 2.39. The van der Waals surface area contributed by atoms with Gasteiger partial charge in [0, 0.05) is 12.1 Å². The largest absolute Gasteiger partial charge is 0.397 e. The number of nitrogen functional groups attached to an aromatic ring is 1. The SMILES string of the molecule is Nc1cc(S(N)(=O)=O)ccc1-n1ccc(C2CC2)n1. The van der Waals surface area contributed by atoms with Gasteiger partial charge in [-0.3, -0.25) is 0 Å². The van der Waals surface area contributed by atoms with E-state index in [2.05, 4.69) is 5.10 Å². The first-order chi connectivity index (χ1) is 8.95. The van der Waals surface area contributed by atoms with E-state index in [1.807, 2.05) is 12.3 Å². The van der Waals surface area contributed by atoms with Crippen molar-refractivity contribution in [1.82, 2.24) is 9.78 Å². The van der Waals surface area contributed by atoms with Gasteiger partial charge < -0.3 is 5.73 Å². The van der Waals surface area contributed by atoms with Crippen LogP contribution < -0.4 is 10.9 Å². The summed E-state index contributed by atoms with van der Waals surface area (Å²) in [6, 6.07) is 6.35. The van der Waals surface area contributed by atoms with Gasteiger partial charge in [-0.15, -0.1) is 0 Å². The Hall–Kier alpha value is -1.86. The third kappa shape index (κ3) is 2.34. The Morgan fingerprint density at radius 3 is 2.58 bits per heavy atom. The summed E-state index contributed by atoms with van der Waals surface area (Å²) in [5.41, 5.74) is 7.90. The average molecular weight is 278 g/mol. The Balaban J connectivity index is 2.00. The van der Waals surface area contributed by atoms with Gasteiger partial charge in [0.25, 0.3) is 0 Å². The molecular formula is C12H14N4O2S. The summed E-state index contributed by atoms with van der Waals surface area (Å²) < 4.78 is 24.1. The fourth-order valence-electron chi connectivity index (χ4n) is 1.99. The molecule has 19 heavy (non-hydrogen) atoms. The summed E-state index contributed by atoms with van der Waals surface area (Å²) in [4.78, 5) is 0.00308. The number of nitrogens with zero attached hydrogens (tertiary/aromatic N) is 2. The minimum absolute atomic E-state index is 0.00308. The van der Waals surface area contributed by atoms with E-state index in [0.29, 0.717) is 17.3 Å². The standard InChI is InChI=1S/C12H14N4O2S/c13-10-7-9(19(14,17)18)3-4-12(10)16-6-5-11(15-16)8-1-2-8/h3-8H,1-2,13H2,(H2,14,17,18). The topological polar surface area (TPSA) is 104 Å². The molecular weight excluding hydrogens is 264 g/mol. The lowest BCUT2D eigenvalue weighted by molar-refractivity contribution is 0.598. The number of anilines is 1. The maximum absolute atomic E-state index is 11.2. The molecule has 1 saturated carbocycles. The number of sulfonamides is 1. The molecule has 3 rings (SSSR count). The molecule has 1 heterocycles. The van der Waals surface area contributed by atoms with Crippen LogP contribution in [0.4, 0.5) is 5.69 Å². The normalized spacial score (nSPS) is 15.6. The van der Waals surface area contributed by atoms with Crippen molar-refractivity contribution in [2.24, 2.45) is 5.14 Å². The zero-order valence-corrected chi connectivity index (χ0v) is 11.0. The van der Waals surface area contributed by atoms with Gasteiger partial charge >= 0.3 is 0 Å². The molecule has 0 unspecified atom stereocenters. The Labute approximate surface area is 111 Å². The predicted molar refractivity (Wildman–Crippen MR) is 71.3 cm³/mol. The lowest BCUT2D eigenvalue weighted by atomic mass is 10.3. The highest BCUT2D eigenvalue weighted by Gasteiger charge is 2.26. The molecule has 0 amide bonds. The molecule has 1 aliphatic rings. The van der Waals surface area contributed by atoms with Crippen molar-refractivity contribution < 1.29 is 8.42 Å². The maximum Gasteiger partial charge on any atom is 0.238 e. The molecule has 6 nitrogen and oxygen atoms in total. The fraction of sp³-hybridized carbons (Fsp3) is 0.250.